The summed E-state index contributed by atoms with van der Waals surface area (Å²) in [4.78, 5) is 0.861. The molecular weight excluding hydrogens is 352 g/mol. The molecule has 2 aromatic rings. The van der Waals surface area contributed by atoms with Crippen LogP contribution in [0.4, 0.5) is 0 Å². The summed E-state index contributed by atoms with van der Waals surface area (Å²) in [6, 6.07) is 1.94. The Balaban J connectivity index is 2.61. The maximum atomic E-state index is 11.5. The number of rotatable bonds is 4. The average molecular weight is 365 g/mol. The molecule has 0 saturated carbocycles. The second-order valence-corrected chi connectivity index (χ2v) is 7.90. The van der Waals surface area contributed by atoms with Gasteiger partial charge in [-0.1, -0.05) is 6.92 Å². The molecule has 0 aromatic carbocycles. The number of hydrogen-bond donors (Lipinski definition) is 1. The van der Waals surface area contributed by atoms with E-state index in [1.807, 2.05) is 19.9 Å². The summed E-state index contributed by atoms with van der Waals surface area (Å²) in [5.74, 6) is 0.532. The van der Waals surface area contributed by atoms with Gasteiger partial charge in [0.2, 0.25) is 0 Å². The molecule has 0 atom stereocenters. The third kappa shape index (κ3) is 2.88. The van der Waals surface area contributed by atoms with Crippen molar-refractivity contribution in [3.63, 3.8) is 0 Å². The largest absolute Gasteiger partial charge is 0.296 e. The molecule has 0 saturated heterocycles. The van der Waals surface area contributed by atoms with Crippen molar-refractivity contribution >= 4 is 37.3 Å². The van der Waals surface area contributed by atoms with Crippen molar-refractivity contribution in [3.05, 3.63) is 15.4 Å². The molecular formula is C10H13BrN4O2S2. The van der Waals surface area contributed by atoms with Crippen molar-refractivity contribution < 1.29 is 8.42 Å². The van der Waals surface area contributed by atoms with E-state index in [1.54, 1.807) is 4.57 Å². The molecule has 19 heavy (non-hydrogen) atoms. The van der Waals surface area contributed by atoms with Crippen molar-refractivity contribution in [1.82, 2.24) is 14.8 Å². The van der Waals surface area contributed by atoms with Crippen molar-refractivity contribution in [2.75, 3.05) is 0 Å². The summed E-state index contributed by atoms with van der Waals surface area (Å²) in [6.07, 6.45) is 0.763. The fourth-order valence-electron chi connectivity index (χ4n) is 1.68. The maximum absolute atomic E-state index is 11.5. The number of aryl methyl sites for hydroxylation is 1. The lowest BCUT2D eigenvalue weighted by molar-refractivity contribution is 0.560. The number of aromatic nitrogens is 3. The Morgan fingerprint density at radius 1 is 1.47 bits per heavy atom. The van der Waals surface area contributed by atoms with Gasteiger partial charge in [0.25, 0.3) is 15.2 Å². The van der Waals surface area contributed by atoms with Crippen LogP contribution in [0.1, 0.15) is 18.9 Å². The van der Waals surface area contributed by atoms with Crippen molar-refractivity contribution in [2.24, 2.45) is 5.14 Å². The van der Waals surface area contributed by atoms with E-state index in [0.717, 1.165) is 20.6 Å². The molecule has 9 heteroatoms. The Kier molecular flexibility index (Phi) is 4.09. The minimum atomic E-state index is -3.86. The molecule has 2 N–H and O–H groups in total. The summed E-state index contributed by atoms with van der Waals surface area (Å²) < 4.78 is 25.5. The average Bonchev–Trinajstić information content (AvgIpc) is 2.84. The second-order valence-electron chi connectivity index (χ2n) is 4.07. The van der Waals surface area contributed by atoms with Crippen LogP contribution in [0.5, 0.6) is 0 Å². The Morgan fingerprint density at radius 3 is 2.63 bits per heavy atom. The van der Waals surface area contributed by atoms with E-state index >= 15 is 0 Å². The highest BCUT2D eigenvalue weighted by atomic mass is 79.9. The molecule has 0 amide bonds. The first-order chi connectivity index (χ1) is 8.84. The highest BCUT2D eigenvalue weighted by molar-refractivity contribution is 9.11. The van der Waals surface area contributed by atoms with Crippen LogP contribution in [0.25, 0.3) is 10.7 Å². The third-order valence-electron chi connectivity index (χ3n) is 2.50. The first kappa shape index (κ1) is 14.6. The van der Waals surface area contributed by atoms with Crippen molar-refractivity contribution in [1.29, 1.82) is 0 Å². The van der Waals surface area contributed by atoms with Crippen LogP contribution in [0.3, 0.4) is 0 Å². The zero-order valence-electron chi connectivity index (χ0n) is 10.4. The molecule has 2 aromatic heterocycles. The number of primary sulfonamides is 1. The molecule has 0 aliphatic heterocycles. The first-order valence-electron chi connectivity index (χ1n) is 5.57. The third-order valence-corrected chi connectivity index (χ3v) is 5.44. The topological polar surface area (TPSA) is 90.9 Å². The smallest absolute Gasteiger partial charge is 0.273 e. The van der Waals surface area contributed by atoms with E-state index in [2.05, 4.69) is 26.1 Å². The lowest BCUT2D eigenvalue weighted by Gasteiger charge is -2.06. The molecule has 2 heterocycles. The molecule has 0 aliphatic rings. The van der Waals surface area contributed by atoms with E-state index in [9.17, 15) is 8.42 Å². The zero-order chi connectivity index (χ0) is 14.2. The van der Waals surface area contributed by atoms with Crippen LogP contribution in [0.15, 0.2) is 15.0 Å². The molecule has 0 radical (unpaired) electrons. The van der Waals surface area contributed by atoms with Crippen LogP contribution < -0.4 is 5.14 Å². The Bertz CT molecular complexity index is 686. The molecule has 0 aliphatic carbocycles. The van der Waals surface area contributed by atoms with Crippen LogP contribution in [0.2, 0.25) is 0 Å². The monoisotopic (exact) mass is 364 g/mol. The van der Waals surface area contributed by atoms with Gasteiger partial charge in [-0.2, -0.15) is 0 Å². The predicted octanol–water partition coefficient (Wildman–Crippen LogP) is 2.13. The van der Waals surface area contributed by atoms with Crippen molar-refractivity contribution in [3.8, 4) is 10.7 Å². The van der Waals surface area contributed by atoms with E-state index in [0.29, 0.717) is 12.4 Å². The number of nitrogens with zero attached hydrogens (tertiary/aromatic N) is 3. The van der Waals surface area contributed by atoms with Gasteiger partial charge in [-0.15, -0.1) is 21.5 Å². The SMILES string of the molecule is CCCn1c(-c2cc(C)c(Br)s2)nnc1S(N)(=O)=O. The van der Waals surface area contributed by atoms with Gasteiger partial charge < -0.3 is 0 Å². The summed E-state index contributed by atoms with van der Waals surface area (Å²) in [6.45, 7) is 4.42. The van der Waals surface area contributed by atoms with Gasteiger partial charge in [-0.05, 0) is 40.9 Å². The Morgan fingerprint density at radius 2 is 2.16 bits per heavy atom. The second kappa shape index (κ2) is 5.31. The normalized spacial score (nSPS) is 12.0. The minimum absolute atomic E-state index is 0.188. The Hall–Kier alpha value is -0.770. The quantitative estimate of drug-likeness (QED) is 0.899. The number of sulfonamides is 1. The standard InChI is InChI=1S/C10H13BrN4O2S2/c1-3-4-15-9(7-5-6(2)8(11)18-7)13-14-10(15)19(12,16)17/h5H,3-4H2,1-2H3,(H2,12,16,17). The fourth-order valence-corrected chi connectivity index (χ4v) is 3.84. The summed E-state index contributed by atoms with van der Waals surface area (Å²) in [7, 11) is -3.86. The highest BCUT2D eigenvalue weighted by Crippen LogP contribution is 2.34. The number of thiophene rings is 1. The van der Waals surface area contributed by atoms with Gasteiger partial charge in [0, 0.05) is 6.54 Å². The van der Waals surface area contributed by atoms with E-state index < -0.39 is 10.0 Å². The Labute approximate surface area is 123 Å². The maximum Gasteiger partial charge on any atom is 0.273 e. The summed E-state index contributed by atoms with van der Waals surface area (Å²) >= 11 is 4.93. The first-order valence-corrected chi connectivity index (χ1v) is 8.72. The van der Waals surface area contributed by atoms with Gasteiger partial charge in [0.1, 0.15) is 0 Å². The summed E-state index contributed by atoms with van der Waals surface area (Å²) in [5, 5.41) is 12.7. The molecule has 6 nitrogen and oxygen atoms in total. The van der Waals surface area contributed by atoms with Gasteiger partial charge >= 0.3 is 0 Å². The molecule has 104 valence electrons. The van der Waals surface area contributed by atoms with E-state index in [4.69, 9.17) is 5.14 Å². The molecule has 0 bridgehead atoms. The minimum Gasteiger partial charge on any atom is -0.296 e. The number of hydrogen-bond acceptors (Lipinski definition) is 5. The van der Waals surface area contributed by atoms with Gasteiger partial charge in [-0.3, -0.25) is 4.57 Å². The van der Waals surface area contributed by atoms with Crippen LogP contribution in [0, 0.1) is 6.92 Å². The fraction of sp³-hybridized carbons (Fsp3) is 0.400. The number of nitrogens with two attached hydrogens (primary N) is 1. The molecule has 0 unspecified atom stereocenters. The summed E-state index contributed by atoms with van der Waals surface area (Å²) in [5.41, 5.74) is 1.07. The van der Waals surface area contributed by atoms with Gasteiger partial charge in [-0.25, -0.2) is 13.6 Å². The van der Waals surface area contributed by atoms with E-state index in [-0.39, 0.29) is 5.16 Å². The van der Waals surface area contributed by atoms with Crippen LogP contribution in [-0.4, -0.2) is 23.2 Å². The zero-order valence-corrected chi connectivity index (χ0v) is 13.6. The van der Waals surface area contributed by atoms with E-state index in [1.165, 1.54) is 11.3 Å². The van der Waals surface area contributed by atoms with Crippen LogP contribution >= 0.6 is 27.3 Å². The number of halogens is 1. The molecule has 0 fully saturated rings. The van der Waals surface area contributed by atoms with Gasteiger partial charge in [0.05, 0.1) is 8.66 Å². The lowest BCUT2D eigenvalue weighted by atomic mass is 10.3. The van der Waals surface area contributed by atoms with Crippen LogP contribution in [-0.2, 0) is 16.6 Å². The molecule has 0 spiro atoms. The lowest BCUT2D eigenvalue weighted by Crippen LogP contribution is -2.18. The van der Waals surface area contributed by atoms with Gasteiger partial charge in [0.15, 0.2) is 5.82 Å². The molecule has 2 rings (SSSR count). The predicted molar refractivity (Wildman–Crippen MR) is 77.4 cm³/mol. The highest BCUT2D eigenvalue weighted by Gasteiger charge is 2.22. The van der Waals surface area contributed by atoms with Crippen molar-refractivity contribution in [2.45, 2.75) is 32.0 Å².